The molecule has 0 saturated carbocycles. The van der Waals surface area contributed by atoms with Crippen molar-refractivity contribution < 1.29 is 42.9 Å². The zero-order valence-corrected chi connectivity index (χ0v) is 62.0. The number of esters is 2. The SMILES string of the molecule is CC/C=C\C/C=C\C/C=C\C/C=C\CCCCCCCCCCCCCCCCCCCCCCC(=O)OC(COC(=O)CCCCCCCCCCCCCCCCCCCCCCCCCCCCCCCCCCCC)COC(OCC[N+](C)(C)C)C(=O)O. The van der Waals surface area contributed by atoms with E-state index in [2.05, 4.69) is 62.5 Å². The summed E-state index contributed by atoms with van der Waals surface area (Å²) in [6.45, 7) is 4.85. The average Bonchev–Trinajstić information content (AvgIpc) is 3.69. The predicted molar refractivity (Wildman–Crippen MR) is 397 cm³/mol. The lowest BCUT2D eigenvalue weighted by Crippen LogP contribution is -2.40. The molecule has 540 valence electrons. The normalized spacial score (nSPS) is 12.8. The number of quaternary nitrogens is 1. The molecule has 0 aromatic rings. The van der Waals surface area contributed by atoms with E-state index in [0.717, 1.165) is 64.2 Å². The van der Waals surface area contributed by atoms with Gasteiger partial charge in [-0.1, -0.05) is 390 Å². The smallest absolute Gasteiger partial charge is 0.361 e. The van der Waals surface area contributed by atoms with Crippen molar-refractivity contribution in [2.45, 2.75) is 418 Å². The highest BCUT2D eigenvalue weighted by Gasteiger charge is 2.25. The van der Waals surface area contributed by atoms with Crippen LogP contribution in [0.2, 0.25) is 0 Å². The number of aliphatic carboxylic acids is 1. The van der Waals surface area contributed by atoms with Crippen molar-refractivity contribution in [1.29, 1.82) is 0 Å². The highest BCUT2D eigenvalue weighted by molar-refractivity contribution is 5.71. The quantitative estimate of drug-likeness (QED) is 0.0211. The maximum atomic E-state index is 13.0. The van der Waals surface area contributed by atoms with E-state index in [1.807, 2.05) is 21.1 Å². The molecule has 1 N–H and O–H groups in total. The minimum atomic E-state index is -1.51. The summed E-state index contributed by atoms with van der Waals surface area (Å²) < 4.78 is 23.1. The number of carbonyl (C=O) groups excluding carboxylic acids is 2. The monoisotopic (exact) mass is 1300 g/mol. The lowest BCUT2D eigenvalue weighted by atomic mass is 10.0. The van der Waals surface area contributed by atoms with Gasteiger partial charge in [0.05, 0.1) is 34.4 Å². The predicted octanol–water partition coefficient (Wildman–Crippen LogP) is 25.7. The highest BCUT2D eigenvalue weighted by Crippen LogP contribution is 2.20. The Morgan fingerprint density at radius 2 is 0.620 bits per heavy atom. The molecule has 0 spiro atoms. The third-order valence-electron chi connectivity index (χ3n) is 18.3. The number of likely N-dealkylation sites (N-methyl/N-ethyl adjacent to an activating group) is 1. The van der Waals surface area contributed by atoms with Crippen LogP contribution in [-0.4, -0.2) is 87.4 Å². The van der Waals surface area contributed by atoms with Crippen LogP contribution in [0.5, 0.6) is 0 Å². The van der Waals surface area contributed by atoms with Crippen LogP contribution in [-0.2, 0) is 33.3 Å². The second-order valence-electron chi connectivity index (χ2n) is 28.7. The lowest BCUT2D eigenvalue weighted by molar-refractivity contribution is -0.870. The van der Waals surface area contributed by atoms with Gasteiger partial charge in [0.25, 0.3) is 6.29 Å². The number of unbranched alkanes of at least 4 members (excludes halogenated alkanes) is 53. The number of carboxylic acid groups (broad SMARTS) is 1. The third-order valence-corrected chi connectivity index (χ3v) is 18.3. The van der Waals surface area contributed by atoms with Crippen LogP contribution in [0.4, 0.5) is 0 Å². The van der Waals surface area contributed by atoms with Gasteiger partial charge in [-0.2, -0.15) is 0 Å². The fraction of sp³-hybridized carbons (Fsp3) is 0.867. The van der Waals surface area contributed by atoms with Crippen molar-refractivity contribution in [3.05, 3.63) is 48.6 Å². The van der Waals surface area contributed by atoms with E-state index in [9.17, 15) is 19.5 Å². The Balaban J connectivity index is 3.96. The number of nitrogens with zero attached hydrogens (tertiary/aromatic N) is 1. The number of allylic oxidation sites excluding steroid dienone is 8. The molecule has 0 amide bonds. The molecule has 0 aliphatic rings. The standard InChI is InChI=1S/C83H155NO8/c1-6-8-10-12-14-16-18-20-22-24-26-28-30-32-34-36-38-40-42-43-45-47-49-51-53-55-57-59-61-63-65-67-69-71-73-80(85)90-77-79(78-91-83(82(87)88)89-76-75-84(3,4)5)92-81(86)74-72-70-68-66-64-62-60-58-56-54-52-50-48-46-44-41-39-37-35-33-31-29-27-25-23-21-19-17-15-13-11-9-7-2/h9,11,15,17,21,23,27,29,79,83H,6-8,10,12-14,16,18-20,22,24-26,28,30-78H2,1-5H3/p+1/b11-9-,17-15-,23-21-,29-27-. The molecular weight excluding hydrogens is 1140 g/mol. The van der Waals surface area contributed by atoms with E-state index in [4.69, 9.17) is 18.9 Å². The third kappa shape index (κ3) is 74.6. The molecule has 9 nitrogen and oxygen atoms in total. The van der Waals surface area contributed by atoms with Crippen LogP contribution in [0.25, 0.3) is 0 Å². The van der Waals surface area contributed by atoms with Crippen molar-refractivity contribution in [2.24, 2.45) is 0 Å². The van der Waals surface area contributed by atoms with Crippen molar-refractivity contribution in [3.8, 4) is 0 Å². The molecule has 2 atom stereocenters. The number of hydrogen-bond acceptors (Lipinski definition) is 7. The summed E-state index contributed by atoms with van der Waals surface area (Å²) in [5.74, 6) is -1.97. The molecule has 0 heterocycles. The van der Waals surface area contributed by atoms with Gasteiger partial charge in [-0.3, -0.25) is 9.59 Å². The van der Waals surface area contributed by atoms with Crippen LogP contribution in [0.3, 0.4) is 0 Å². The summed E-state index contributed by atoms with van der Waals surface area (Å²) in [7, 11) is 6.00. The van der Waals surface area contributed by atoms with E-state index >= 15 is 0 Å². The summed E-state index contributed by atoms with van der Waals surface area (Å²) in [4.78, 5) is 37.7. The molecule has 0 bridgehead atoms. The van der Waals surface area contributed by atoms with Gasteiger partial charge in [-0.15, -0.1) is 0 Å². The molecule has 0 aliphatic carbocycles. The van der Waals surface area contributed by atoms with Gasteiger partial charge in [0.2, 0.25) is 0 Å². The molecule has 9 heteroatoms. The Kier molecular flexibility index (Phi) is 71.8. The Labute approximate surface area is 572 Å². The first kappa shape index (κ1) is 89.2. The molecule has 92 heavy (non-hydrogen) atoms. The largest absolute Gasteiger partial charge is 0.477 e. The first-order valence-corrected chi connectivity index (χ1v) is 40.3. The Bertz CT molecular complexity index is 1650. The number of rotatable bonds is 76. The zero-order chi connectivity index (χ0) is 66.8. The van der Waals surface area contributed by atoms with Gasteiger partial charge in [-0.05, 0) is 51.4 Å². The average molecular weight is 1300 g/mol. The minimum Gasteiger partial charge on any atom is -0.477 e. The second-order valence-corrected chi connectivity index (χ2v) is 28.7. The Hall–Kier alpha value is -2.75. The molecule has 0 saturated heterocycles. The fourth-order valence-electron chi connectivity index (χ4n) is 12.2. The van der Waals surface area contributed by atoms with E-state index in [-0.39, 0.29) is 38.2 Å². The topological polar surface area (TPSA) is 108 Å². The van der Waals surface area contributed by atoms with Crippen LogP contribution >= 0.6 is 0 Å². The van der Waals surface area contributed by atoms with Gasteiger partial charge < -0.3 is 28.5 Å². The maximum absolute atomic E-state index is 13.0. The molecular formula is C83H156NO8+. The van der Waals surface area contributed by atoms with Crippen LogP contribution in [0, 0.1) is 0 Å². The molecule has 0 aromatic heterocycles. The van der Waals surface area contributed by atoms with E-state index in [1.54, 1.807) is 0 Å². The Morgan fingerprint density at radius 3 is 0.924 bits per heavy atom. The summed E-state index contributed by atoms with van der Waals surface area (Å²) >= 11 is 0. The van der Waals surface area contributed by atoms with E-state index < -0.39 is 18.4 Å². The Morgan fingerprint density at radius 1 is 0.337 bits per heavy atom. The summed E-state index contributed by atoms with van der Waals surface area (Å²) in [6.07, 6.45) is 94.2. The van der Waals surface area contributed by atoms with Crippen LogP contribution < -0.4 is 0 Å². The van der Waals surface area contributed by atoms with Gasteiger partial charge in [0, 0.05) is 12.8 Å². The number of carbonyl (C=O) groups is 3. The number of hydrogen-bond donors (Lipinski definition) is 1. The highest BCUT2D eigenvalue weighted by atomic mass is 16.7. The van der Waals surface area contributed by atoms with E-state index in [0.29, 0.717) is 17.4 Å². The molecule has 0 aromatic carbocycles. The van der Waals surface area contributed by atoms with Gasteiger partial charge in [0.1, 0.15) is 13.2 Å². The van der Waals surface area contributed by atoms with Crippen molar-refractivity contribution in [1.82, 2.24) is 0 Å². The first-order valence-electron chi connectivity index (χ1n) is 40.3. The van der Waals surface area contributed by atoms with Gasteiger partial charge in [-0.25, -0.2) is 4.79 Å². The van der Waals surface area contributed by atoms with Crippen LogP contribution in [0.15, 0.2) is 48.6 Å². The summed E-state index contributed by atoms with van der Waals surface area (Å²) in [5, 5.41) is 9.77. The summed E-state index contributed by atoms with van der Waals surface area (Å²) in [5.41, 5.74) is 0. The fourth-order valence-corrected chi connectivity index (χ4v) is 12.2. The second kappa shape index (κ2) is 74.0. The van der Waals surface area contributed by atoms with Gasteiger partial charge in [0.15, 0.2) is 6.10 Å². The van der Waals surface area contributed by atoms with E-state index in [1.165, 1.54) is 315 Å². The first-order chi connectivity index (χ1) is 45.1. The molecule has 0 aliphatic heterocycles. The van der Waals surface area contributed by atoms with Crippen LogP contribution in [0.1, 0.15) is 406 Å². The molecule has 0 radical (unpaired) electrons. The van der Waals surface area contributed by atoms with Crippen molar-refractivity contribution in [2.75, 3.05) is 47.5 Å². The lowest BCUT2D eigenvalue weighted by Gasteiger charge is -2.25. The van der Waals surface area contributed by atoms with Crippen molar-refractivity contribution >= 4 is 17.9 Å². The molecule has 0 fully saturated rings. The summed E-state index contributed by atoms with van der Waals surface area (Å²) in [6, 6.07) is 0. The molecule has 0 rings (SSSR count). The minimum absolute atomic E-state index is 0.176. The zero-order valence-electron chi connectivity index (χ0n) is 62.0. The van der Waals surface area contributed by atoms with Crippen molar-refractivity contribution in [3.63, 3.8) is 0 Å². The van der Waals surface area contributed by atoms with Gasteiger partial charge >= 0.3 is 17.9 Å². The molecule has 2 unspecified atom stereocenters. The number of ether oxygens (including phenoxy) is 4. The maximum Gasteiger partial charge on any atom is 0.361 e. The number of carboxylic acids is 1.